The first-order chi connectivity index (χ1) is 9.44. The Morgan fingerprint density at radius 2 is 2.10 bits per heavy atom. The van der Waals surface area contributed by atoms with Gasteiger partial charge >= 0.3 is 0 Å². The highest BCUT2D eigenvalue weighted by atomic mass is 32.2. The molecule has 8 heteroatoms. The zero-order valence-electron chi connectivity index (χ0n) is 11.6. The average Bonchev–Trinajstić information content (AvgIpc) is 2.94. The summed E-state index contributed by atoms with van der Waals surface area (Å²) in [5.74, 6) is 0. The molecule has 0 spiro atoms. The van der Waals surface area contributed by atoms with Crippen LogP contribution in [0, 0.1) is 13.8 Å². The Morgan fingerprint density at radius 3 is 2.70 bits per heavy atom. The Kier molecular flexibility index (Phi) is 4.59. The van der Waals surface area contributed by atoms with Gasteiger partial charge in [-0.25, -0.2) is 13.1 Å². The van der Waals surface area contributed by atoms with Crippen LogP contribution in [0.5, 0.6) is 0 Å². The third-order valence-electron chi connectivity index (χ3n) is 2.95. The molecule has 3 N–H and O–H groups in total. The summed E-state index contributed by atoms with van der Waals surface area (Å²) in [5.41, 5.74) is 1.71. The molecule has 0 unspecified atom stereocenters. The molecular weight excluding hydrogens is 296 g/mol. The van der Waals surface area contributed by atoms with E-state index >= 15 is 0 Å². The van der Waals surface area contributed by atoms with Gasteiger partial charge in [0.25, 0.3) is 0 Å². The molecule has 2 heterocycles. The summed E-state index contributed by atoms with van der Waals surface area (Å²) in [6, 6.07) is 1.72. The molecule has 110 valence electrons. The van der Waals surface area contributed by atoms with Crippen LogP contribution in [0.3, 0.4) is 0 Å². The van der Waals surface area contributed by atoms with Crippen molar-refractivity contribution in [3.05, 3.63) is 33.3 Å². The summed E-state index contributed by atoms with van der Waals surface area (Å²) in [6.45, 7) is 4.59. The third kappa shape index (κ3) is 3.26. The van der Waals surface area contributed by atoms with Crippen LogP contribution in [0.1, 0.15) is 21.0 Å². The summed E-state index contributed by atoms with van der Waals surface area (Å²) in [4.78, 5) is 2.16. The second-order valence-electron chi connectivity index (χ2n) is 4.51. The minimum atomic E-state index is -3.49. The van der Waals surface area contributed by atoms with Crippen molar-refractivity contribution >= 4 is 21.4 Å². The summed E-state index contributed by atoms with van der Waals surface area (Å²) >= 11 is 1.49. The fourth-order valence-electron chi connectivity index (χ4n) is 1.86. The number of nitrogens with one attached hydrogen (secondary N) is 3. The number of aromatic amines is 1. The summed E-state index contributed by atoms with van der Waals surface area (Å²) in [6.07, 6.45) is 1.63. The number of hydrogen-bond acceptors (Lipinski definition) is 5. The van der Waals surface area contributed by atoms with Crippen LogP contribution in [0.4, 0.5) is 0 Å². The fraction of sp³-hybridized carbons (Fsp3) is 0.417. The van der Waals surface area contributed by atoms with E-state index in [1.165, 1.54) is 11.3 Å². The predicted octanol–water partition coefficient (Wildman–Crippen LogP) is 1.29. The maximum absolute atomic E-state index is 12.3. The number of aryl methyl sites for hydroxylation is 2. The first-order valence-electron chi connectivity index (χ1n) is 6.16. The van der Waals surface area contributed by atoms with Gasteiger partial charge in [0.15, 0.2) is 0 Å². The molecule has 2 aromatic rings. The fourth-order valence-corrected chi connectivity index (χ4v) is 4.51. The number of thiophene rings is 1. The zero-order valence-corrected chi connectivity index (χ0v) is 13.3. The highest BCUT2D eigenvalue weighted by Gasteiger charge is 2.20. The molecule has 0 aromatic carbocycles. The molecule has 0 amide bonds. The zero-order chi connectivity index (χ0) is 14.8. The quantitative estimate of drug-likeness (QED) is 0.750. The van der Waals surface area contributed by atoms with E-state index < -0.39 is 10.0 Å². The van der Waals surface area contributed by atoms with Crippen molar-refractivity contribution in [3.8, 4) is 0 Å². The molecule has 0 saturated carbocycles. The van der Waals surface area contributed by atoms with Crippen molar-refractivity contribution in [1.29, 1.82) is 0 Å². The average molecular weight is 314 g/mol. The van der Waals surface area contributed by atoms with Crippen LogP contribution < -0.4 is 10.0 Å². The van der Waals surface area contributed by atoms with Crippen molar-refractivity contribution < 1.29 is 8.42 Å². The molecule has 0 aliphatic heterocycles. The van der Waals surface area contributed by atoms with Gasteiger partial charge in [-0.2, -0.15) is 5.10 Å². The number of sulfonamides is 1. The lowest BCUT2D eigenvalue weighted by Crippen LogP contribution is -2.23. The lowest BCUT2D eigenvalue weighted by atomic mass is 10.3. The molecule has 20 heavy (non-hydrogen) atoms. The minimum absolute atomic E-state index is 0.237. The lowest BCUT2D eigenvalue weighted by Gasteiger charge is -2.05. The van der Waals surface area contributed by atoms with E-state index in [0.717, 1.165) is 21.0 Å². The van der Waals surface area contributed by atoms with Crippen molar-refractivity contribution in [2.24, 2.45) is 0 Å². The van der Waals surface area contributed by atoms with Crippen LogP contribution in [-0.4, -0.2) is 25.7 Å². The molecular formula is C12H18N4O2S2. The van der Waals surface area contributed by atoms with Crippen molar-refractivity contribution in [3.63, 3.8) is 0 Å². The normalized spacial score (nSPS) is 11.9. The minimum Gasteiger partial charge on any atom is -0.315 e. The van der Waals surface area contributed by atoms with E-state index in [0.29, 0.717) is 11.4 Å². The van der Waals surface area contributed by atoms with E-state index in [9.17, 15) is 8.42 Å². The topological polar surface area (TPSA) is 86.9 Å². The number of hydrogen-bond donors (Lipinski definition) is 3. The maximum atomic E-state index is 12.3. The second-order valence-corrected chi connectivity index (χ2v) is 7.58. The summed E-state index contributed by atoms with van der Waals surface area (Å²) in [7, 11) is -1.65. The number of aromatic nitrogens is 2. The molecule has 0 aliphatic carbocycles. The smallest absolute Gasteiger partial charge is 0.241 e. The maximum Gasteiger partial charge on any atom is 0.241 e. The largest absolute Gasteiger partial charge is 0.315 e. The van der Waals surface area contributed by atoms with Crippen LogP contribution in [0.2, 0.25) is 0 Å². The van der Waals surface area contributed by atoms with Gasteiger partial charge in [-0.15, -0.1) is 11.3 Å². The molecule has 2 aromatic heterocycles. The number of H-pyrrole nitrogens is 1. The van der Waals surface area contributed by atoms with Gasteiger partial charge in [0.2, 0.25) is 10.0 Å². The van der Waals surface area contributed by atoms with Crippen LogP contribution in [0.15, 0.2) is 17.2 Å². The number of nitrogens with zero attached hydrogens (tertiary/aromatic N) is 1. The standard InChI is InChI=1S/C12H18N4O2S2/c1-8-10(5-14-16-8)6-15-20(17,18)12-4-11(7-13-3)19-9(12)2/h4-5,13,15H,6-7H2,1-3H3,(H,14,16). The molecule has 0 bridgehead atoms. The third-order valence-corrected chi connectivity index (χ3v) is 5.66. The highest BCUT2D eigenvalue weighted by Crippen LogP contribution is 2.25. The van der Waals surface area contributed by atoms with Crippen molar-refractivity contribution in [2.45, 2.75) is 31.8 Å². The predicted molar refractivity (Wildman–Crippen MR) is 79.2 cm³/mol. The van der Waals surface area contributed by atoms with E-state index in [1.807, 2.05) is 20.9 Å². The summed E-state index contributed by atoms with van der Waals surface area (Å²) in [5, 5.41) is 9.68. The van der Waals surface area contributed by atoms with Gasteiger partial charge in [-0.3, -0.25) is 5.10 Å². The molecule has 0 fully saturated rings. The Bertz CT molecular complexity index is 688. The van der Waals surface area contributed by atoms with E-state index in [1.54, 1.807) is 12.3 Å². The van der Waals surface area contributed by atoms with Crippen molar-refractivity contribution in [2.75, 3.05) is 7.05 Å². The van der Waals surface area contributed by atoms with Crippen molar-refractivity contribution in [1.82, 2.24) is 20.2 Å². The van der Waals surface area contributed by atoms with Gasteiger partial charge < -0.3 is 5.32 Å². The van der Waals surface area contributed by atoms with Gasteiger partial charge in [-0.05, 0) is 27.0 Å². The van der Waals surface area contributed by atoms with Gasteiger partial charge in [0.05, 0.1) is 11.1 Å². The van der Waals surface area contributed by atoms with Gasteiger partial charge in [0, 0.05) is 34.1 Å². The van der Waals surface area contributed by atoms with Crippen LogP contribution in [0.25, 0.3) is 0 Å². The van der Waals surface area contributed by atoms with Gasteiger partial charge in [0.1, 0.15) is 0 Å². The SMILES string of the molecule is CNCc1cc(S(=O)(=O)NCc2cn[nH]c2C)c(C)s1. The molecule has 2 rings (SSSR count). The van der Waals surface area contributed by atoms with E-state index in [-0.39, 0.29) is 6.54 Å². The Labute approximate surface area is 122 Å². The first kappa shape index (κ1) is 15.2. The monoisotopic (exact) mass is 314 g/mol. The van der Waals surface area contributed by atoms with Gasteiger partial charge in [-0.1, -0.05) is 0 Å². The summed E-state index contributed by atoms with van der Waals surface area (Å²) < 4.78 is 27.3. The van der Waals surface area contributed by atoms with E-state index in [2.05, 4.69) is 20.2 Å². The van der Waals surface area contributed by atoms with Crippen LogP contribution >= 0.6 is 11.3 Å². The lowest BCUT2D eigenvalue weighted by molar-refractivity contribution is 0.581. The molecule has 0 radical (unpaired) electrons. The molecule has 0 aliphatic rings. The first-order valence-corrected chi connectivity index (χ1v) is 8.46. The molecule has 0 saturated heterocycles. The second kappa shape index (κ2) is 6.04. The Hall–Kier alpha value is -1.22. The number of rotatable bonds is 6. The molecule has 6 nitrogen and oxygen atoms in total. The molecule has 0 atom stereocenters. The van der Waals surface area contributed by atoms with Crippen LogP contribution in [-0.2, 0) is 23.1 Å². The highest BCUT2D eigenvalue weighted by molar-refractivity contribution is 7.89. The Balaban J connectivity index is 2.16. The van der Waals surface area contributed by atoms with E-state index in [4.69, 9.17) is 0 Å². The Morgan fingerprint density at radius 1 is 1.35 bits per heavy atom.